The van der Waals surface area contributed by atoms with Gasteiger partial charge in [-0.3, -0.25) is 4.79 Å². The first-order valence-electron chi connectivity index (χ1n) is 5.37. The Bertz CT molecular complexity index is 271. The van der Waals surface area contributed by atoms with E-state index >= 15 is 0 Å². The predicted octanol–water partition coefficient (Wildman–Crippen LogP) is 3.25. The van der Waals surface area contributed by atoms with Gasteiger partial charge in [0.1, 0.15) is 0 Å². The molecular weight excluding hydrogens is 160 g/mol. The molecule has 0 aromatic rings. The quantitative estimate of drug-likeness (QED) is 0.556. The van der Waals surface area contributed by atoms with E-state index in [1.165, 1.54) is 30.4 Å². The van der Waals surface area contributed by atoms with Gasteiger partial charge in [-0.25, -0.2) is 0 Å². The number of hydrogen-bond acceptors (Lipinski definition) is 1. The van der Waals surface area contributed by atoms with Gasteiger partial charge in [-0.1, -0.05) is 19.4 Å². The van der Waals surface area contributed by atoms with Crippen LogP contribution in [0.25, 0.3) is 0 Å². The first-order chi connectivity index (χ1) is 6.11. The van der Waals surface area contributed by atoms with Gasteiger partial charge in [0.25, 0.3) is 0 Å². The van der Waals surface area contributed by atoms with Crippen LogP contribution in [0.1, 0.15) is 52.4 Å². The summed E-state index contributed by atoms with van der Waals surface area (Å²) in [5.74, 6) is 0.439. The molecule has 0 saturated carbocycles. The lowest BCUT2D eigenvalue weighted by atomic mass is 9.67. The summed E-state index contributed by atoms with van der Waals surface area (Å²) in [6, 6.07) is 0. The van der Waals surface area contributed by atoms with Gasteiger partial charge in [-0.2, -0.15) is 0 Å². The number of Topliss-reactive ketones (excluding diaryl/α,β-unsaturated/α-hetero) is 1. The van der Waals surface area contributed by atoms with Crippen molar-refractivity contribution in [1.82, 2.24) is 0 Å². The molecule has 2 rings (SSSR count). The zero-order chi connectivity index (χ0) is 9.47. The van der Waals surface area contributed by atoms with Gasteiger partial charge >= 0.3 is 0 Å². The SMILES string of the molecule is CC1(C)CCCC2=C1CCCC2=O. The molecule has 0 atom stereocenters. The van der Waals surface area contributed by atoms with Crippen molar-refractivity contribution in [2.75, 3.05) is 0 Å². The highest BCUT2D eigenvalue weighted by Crippen LogP contribution is 2.45. The molecule has 0 aliphatic heterocycles. The van der Waals surface area contributed by atoms with E-state index in [9.17, 15) is 4.79 Å². The fourth-order valence-corrected chi connectivity index (χ4v) is 2.79. The molecule has 1 nitrogen and oxygen atoms in total. The fraction of sp³-hybridized carbons (Fsp3) is 0.750. The van der Waals surface area contributed by atoms with Crippen molar-refractivity contribution in [3.05, 3.63) is 11.1 Å². The van der Waals surface area contributed by atoms with Crippen LogP contribution in [0.4, 0.5) is 0 Å². The van der Waals surface area contributed by atoms with Crippen molar-refractivity contribution in [3.63, 3.8) is 0 Å². The Balaban J connectivity index is 2.41. The number of rotatable bonds is 0. The summed E-state index contributed by atoms with van der Waals surface area (Å²) in [5.41, 5.74) is 2.99. The molecule has 0 aromatic heterocycles. The lowest BCUT2D eigenvalue weighted by Gasteiger charge is -2.37. The van der Waals surface area contributed by atoms with E-state index in [-0.39, 0.29) is 0 Å². The Kier molecular flexibility index (Phi) is 2.05. The van der Waals surface area contributed by atoms with E-state index in [4.69, 9.17) is 0 Å². The van der Waals surface area contributed by atoms with Crippen molar-refractivity contribution < 1.29 is 4.79 Å². The summed E-state index contributed by atoms with van der Waals surface area (Å²) in [6.07, 6.45) is 6.58. The highest BCUT2D eigenvalue weighted by molar-refractivity contribution is 5.97. The zero-order valence-corrected chi connectivity index (χ0v) is 8.65. The van der Waals surface area contributed by atoms with Gasteiger partial charge < -0.3 is 0 Å². The van der Waals surface area contributed by atoms with Gasteiger partial charge in [0.15, 0.2) is 5.78 Å². The molecule has 0 amide bonds. The molecule has 0 aromatic carbocycles. The normalized spacial score (nSPS) is 27.4. The highest BCUT2D eigenvalue weighted by Gasteiger charge is 2.33. The summed E-state index contributed by atoms with van der Waals surface area (Å²) in [4.78, 5) is 11.7. The third kappa shape index (κ3) is 1.45. The summed E-state index contributed by atoms with van der Waals surface area (Å²) >= 11 is 0. The minimum atomic E-state index is 0.309. The Morgan fingerprint density at radius 3 is 2.54 bits per heavy atom. The predicted molar refractivity (Wildman–Crippen MR) is 53.5 cm³/mol. The average Bonchev–Trinajstić information content (AvgIpc) is 2.06. The van der Waals surface area contributed by atoms with Crippen molar-refractivity contribution >= 4 is 5.78 Å². The molecule has 0 N–H and O–H groups in total. The van der Waals surface area contributed by atoms with E-state index in [2.05, 4.69) is 13.8 Å². The molecule has 0 spiro atoms. The minimum absolute atomic E-state index is 0.309. The molecule has 2 aliphatic rings. The van der Waals surface area contributed by atoms with Crippen LogP contribution in [-0.4, -0.2) is 5.78 Å². The van der Waals surface area contributed by atoms with E-state index in [1.807, 2.05) is 0 Å². The maximum atomic E-state index is 11.7. The van der Waals surface area contributed by atoms with Gasteiger partial charge in [0.2, 0.25) is 0 Å². The van der Waals surface area contributed by atoms with Crippen LogP contribution in [0.3, 0.4) is 0 Å². The van der Waals surface area contributed by atoms with Gasteiger partial charge in [-0.15, -0.1) is 0 Å². The Morgan fingerprint density at radius 2 is 1.85 bits per heavy atom. The van der Waals surface area contributed by atoms with E-state index in [0.717, 1.165) is 19.3 Å². The molecular formula is C12H18O. The van der Waals surface area contributed by atoms with Crippen molar-refractivity contribution in [2.24, 2.45) is 5.41 Å². The second-order valence-corrected chi connectivity index (χ2v) is 4.97. The van der Waals surface area contributed by atoms with E-state index in [1.54, 1.807) is 0 Å². The standard InChI is InChI=1S/C12H18O/c1-12(2)8-4-5-9-10(12)6-3-7-11(9)13/h3-8H2,1-2H3. The van der Waals surface area contributed by atoms with Crippen LogP contribution in [0.2, 0.25) is 0 Å². The molecule has 72 valence electrons. The topological polar surface area (TPSA) is 17.1 Å². The van der Waals surface area contributed by atoms with Crippen LogP contribution in [0, 0.1) is 5.41 Å². The Morgan fingerprint density at radius 1 is 1.08 bits per heavy atom. The first-order valence-corrected chi connectivity index (χ1v) is 5.37. The maximum Gasteiger partial charge on any atom is 0.158 e. The lowest BCUT2D eigenvalue weighted by molar-refractivity contribution is -0.116. The van der Waals surface area contributed by atoms with Crippen LogP contribution < -0.4 is 0 Å². The minimum Gasteiger partial charge on any atom is -0.295 e. The summed E-state index contributed by atoms with van der Waals surface area (Å²) < 4.78 is 0. The van der Waals surface area contributed by atoms with Gasteiger partial charge in [-0.05, 0) is 43.1 Å². The highest BCUT2D eigenvalue weighted by atomic mass is 16.1. The molecule has 0 fully saturated rings. The number of allylic oxidation sites excluding steroid dienone is 2. The number of carbonyl (C=O) groups excluding carboxylic acids is 1. The van der Waals surface area contributed by atoms with Gasteiger partial charge in [0.05, 0.1) is 0 Å². The number of ketones is 1. The smallest absolute Gasteiger partial charge is 0.158 e. The van der Waals surface area contributed by atoms with Crippen molar-refractivity contribution in [3.8, 4) is 0 Å². The van der Waals surface area contributed by atoms with Crippen LogP contribution in [0.5, 0.6) is 0 Å². The Labute approximate surface area is 80.2 Å². The fourth-order valence-electron chi connectivity index (χ4n) is 2.79. The zero-order valence-electron chi connectivity index (χ0n) is 8.65. The van der Waals surface area contributed by atoms with Crippen LogP contribution >= 0.6 is 0 Å². The average molecular weight is 178 g/mol. The second-order valence-electron chi connectivity index (χ2n) is 4.97. The summed E-state index contributed by atoms with van der Waals surface area (Å²) in [6.45, 7) is 4.58. The molecule has 0 bridgehead atoms. The summed E-state index contributed by atoms with van der Waals surface area (Å²) in [7, 11) is 0. The molecule has 0 unspecified atom stereocenters. The number of carbonyl (C=O) groups is 1. The van der Waals surface area contributed by atoms with Crippen molar-refractivity contribution in [2.45, 2.75) is 52.4 Å². The molecule has 2 aliphatic carbocycles. The van der Waals surface area contributed by atoms with Crippen LogP contribution in [0.15, 0.2) is 11.1 Å². The van der Waals surface area contributed by atoms with Crippen LogP contribution in [-0.2, 0) is 4.79 Å². The number of hydrogen-bond donors (Lipinski definition) is 0. The Hall–Kier alpha value is -0.590. The van der Waals surface area contributed by atoms with Crippen molar-refractivity contribution in [1.29, 1.82) is 0 Å². The van der Waals surface area contributed by atoms with E-state index < -0.39 is 0 Å². The maximum absolute atomic E-state index is 11.7. The molecule has 0 saturated heterocycles. The lowest BCUT2D eigenvalue weighted by Crippen LogP contribution is -2.26. The largest absolute Gasteiger partial charge is 0.295 e. The first kappa shape index (κ1) is 8.98. The molecule has 13 heavy (non-hydrogen) atoms. The van der Waals surface area contributed by atoms with Gasteiger partial charge in [0, 0.05) is 6.42 Å². The van der Waals surface area contributed by atoms with E-state index in [0.29, 0.717) is 11.2 Å². The molecule has 0 heterocycles. The summed E-state index contributed by atoms with van der Waals surface area (Å²) in [5, 5.41) is 0. The molecule has 0 radical (unpaired) electrons. The molecule has 1 heteroatoms. The third-order valence-corrected chi connectivity index (χ3v) is 3.58. The second kappa shape index (κ2) is 2.97. The third-order valence-electron chi connectivity index (χ3n) is 3.58. The monoisotopic (exact) mass is 178 g/mol.